The highest BCUT2D eigenvalue weighted by atomic mass is 16.3. The molecule has 112 valence electrons. The molecular formula is C14H24N4O2. The number of piperazine rings is 1. The standard InChI is InChI=1S/C14H24N4O2/c1-3-13(19)10-16-6-8-17(9-7-16)14(20)12(2)18-5-4-15-11-18/h4-5,11-13,19H,3,6-10H2,1-2H3. The molecule has 2 unspecified atom stereocenters. The van der Waals surface area contributed by atoms with Crippen molar-refractivity contribution in [1.82, 2.24) is 19.4 Å². The summed E-state index contributed by atoms with van der Waals surface area (Å²) >= 11 is 0. The third kappa shape index (κ3) is 3.58. The number of hydrogen-bond acceptors (Lipinski definition) is 4. The lowest BCUT2D eigenvalue weighted by Crippen LogP contribution is -2.51. The Kier molecular flexibility index (Phi) is 5.14. The second-order valence-corrected chi connectivity index (χ2v) is 5.37. The van der Waals surface area contributed by atoms with Crippen molar-refractivity contribution in [2.24, 2.45) is 0 Å². The van der Waals surface area contributed by atoms with Crippen LogP contribution in [0.2, 0.25) is 0 Å². The van der Waals surface area contributed by atoms with Gasteiger partial charge in [-0.1, -0.05) is 6.92 Å². The van der Waals surface area contributed by atoms with Gasteiger partial charge in [0.25, 0.3) is 0 Å². The number of rotatable bonds is 5. The number of hydrogen-bond donors (Lipinski definition) is 1. The van der Waals surface area contributed by atoms with E-state index in [-0.39, 0.29) is 18.1 Å². The van der Waals surface area contributed by atoms with Gasteiger partial charge >= 0.3 is 0 Å². The number of aliphatic hydroxyl groups is 1. The Bertz CT molecular complexity index is 413. The van der Waals surface area contributed by atoms with Crippen LogP contribution in [0.25, 0.3) is 0 Å². The van der Waals surface area contributed by atoms with Gasteiger partial charge in [-0.3, -0.25) is 9.69 Å². The van der Waals surface area contributed by atoms with Gasteiger partial charge in [-0.25, -0.2) is 4.98 Å². The third-order valence-electron chi connectivity index (χ3n) is 3.95. The maximum Gasteiger partial charge on any atom is 0.245 e. The Morgan fingerprint density at radius 2 is 2.05 bits per heavy atom. The first-order valence-electron chi connectivity index (χ1n) is 7.28. The predicted octanol–water partition coefficient (Wildman–Crippen LogP) is 0.359. The van der Waals surface area contributed by atoms with Gasteiger partial charge in [0.15, 0.2) is 0 Å². The fourth-order valence-electron chi connectivity index (χ4n) is 2.47. The molecular weight excluding hydrogens is 256 g/mol. The minimum Gasteiger partial charge on any atom is -0.392 e. The van der Waals surface area contributed by atoms with Crippen LogP contribution in [0, 0.1) is 0 Å². The van der Waals surface area contributed by atoms with Gasteiger partial charge in [0.05, 0.1) is 12.4 Å². The van der Waals surface area contributed by atoms with E-state index in [1.54, 1.807) is 12.5 Å². The summed E-state index contributed by atoms with van der Waals surface area (Å²) in [6.07, 6.45) is 5.69. The van der Waals surface area contributed by atoms with Gasteiger partial charge in [-0.2, -0.15) is 0 Å². The van der Waals surface area contributed by atoms with E-state index >= 15 is 0 Å². The summed E-state index contributed by atoms with van der Waals surface area (Å²) in [4.78, 5) is 20.5. The van der Waals surface area contributed by atoms with E-state index in [0.29, 0.717) is 6.54 Å². The second kappa shape index (κ2) is 6.85. The smallest absolute Gasteiger partial charge is 0.245 e. The zero-order chi connectivity index (χ0) is 14.5. The molecule has 1 aromatic heterocycles. The van der Waals surface area contributed by atoms with Crippen LogP contribution < -0.4 is 0 Å². The number of β-amino-alcohol motifs (C(OH)–C–C–N with tert-alkyl or cyclic N) is 1. The van der Waals surface area contributed by atoms with Crippen molar-refractivity contribution in [3.8, 4) is 0 Å². The number of carbonyl (C=O) groups is 1. The summed E-state index contributed by atoms with van der Waals surface area (Å²) in [7, 11) is 0. The van der Waals surface area contributed by atoms with Crippen LogP contribution in [0.15, 0.2) is 18.7 Å². The van der Waals surface area contributed by atoms with Crippen LogP contribution in [-0.2, 0) is 4.79 Å². The molecule has 6 nitrogen and oxygen atoms in total. The number of aromatic nitrogens is 2. The summed E-state index contributed by atoms with van der Waals surface area (Å²) in [5.74, 6) is 0.138. The number of nitrogens with zero attached hydrogens (tertiary/aromatic N) is 4. The molecule has 1 aliphatic rings. The van der Waals surface area contributed by atoms with Crippen molar-refractivity contribution in [1.29, 1.82) is 0 Å². The molecule has 2 rings (SSSR count). The zero-order valence-electron chi connectivity index (χ0n) is 12.3. The number of amides is 1. The molecule has 1 N–H and O–H groups in total. The van der Waals surface area contributed by atoms with Crippen molar-refractivity contribution in [2.75, 3.05) is 32.7 Å². The van der Waals surface area contributed by atoms with E-state index in [2.05, 4.69) is 9.88 Å². The molecule has 0 aromatic carbocycles. The van der Waals surface area contributed by atoms with Gasteiger partial charge in [-0.05, 0) is 13.3 Å². The summed E-state index contributed by atoms with van der Waals surface area (Å²) in [5, 5.41) is 9.67. The van der Waals surface area contributed by atoms with Crippen molar-refractivity contribution < 1.29 is 9.90 Å². The van der Waals surface area contributed by atoms with Crippen LogP contribution in [0.3, 0.4) is 0 Å². The predicted molar refractivity (Wildman–Crippen MR) is 76.3 cm³/mol. The lowest BCUT2D eigenvalue weighted by Gasteiger charge is -2.36. The van der Waals surface area contributed by atoms with Crippen LogP contribution in [0.1, 0.15) is 26.3 Å². The molecule has 1 amide bonds. The fourth-order valence-corrected chi connectivity index (χ4v) is 2.47. The molecule has 20 heavy (non-hydrogen) atoms. The summed E-state index contributed by atoms with van der Waals surface area (Å²) in [6.45, 7) is 7.71. The van der Waals surface area contributed by atoms with Crippen LogP contribution >= 0.6 is 0 Å². The average molecular weight is 280 g/mol. The Balaban J connectivity index is 1.83. The lowest BCUT2D eigenvalue weighted by atomic mass is 10.2. The molecule has 0 saturated carbocycles. The van der Waals surface area contributed by atoms with E-state index < -0.39 is 0 Å². The summed E-state index contributed by atoms with van der Waals surface area (Å²) in [5.41, 5.74) is 0. The van der Waals surface area contributed by atoms with Gasteiger partial charge in [0.1, 0.15) is 6.04 Å². The minimum absolute atomic E-state index is 0.138. The number of aliphatic hydroxyl groups excluding tert-OH is 1. The van der Waals surface area contributed by atoms with Gasteiger partial charge in [0.2, 0.25) is 5.91 Å². The molecule has 2 heterocycles. The molecule has 0 bridgehead atoms. The molecule has 1 aliphatic heterocycles. The van der Waals surface area contributed by atoms with Crippen molar-refractivity contribution >= 4 is 5.91 Å². The summed E-state index contributed by atoms with van der Waals surface area (Å²) in [6, 6.07) is -0.203. The SMILES string of the molecule is CCC(O)CN1CCN(C(=O)C(C)n2ccnc2)CC1. The van der Waals surface area contributed by atoms with Gasteiger partial charge in [0, 0.05) is 45.1 Å². The molecule has 0 radical (unpaired) electrons. The maximum atomic E-state index is 12.4. The highest BCUT2D eigenvalue weighted by Crippen LogP contribution is 2.12. The van der Waals surface area contributed by atoms with Crippen molar-refractivity contribution in [3.63, 3.8) is 0 Å². The molecule has 0 aliphatic carbocycles. The largest absolute Gasteiger partial charge is 0.392 e. The molecule has 1 fully saturated rings. The Morgan fingerprint density at radius 1 is 1.35 bits per heavy atom. The van der Waals surface area contributed by atoms with E-state index in [9.17, 15) is 9.90 Å². The minimum atomic E-state index is -0.262. The Morgan fingerprint density at radius 3 is 2.60 bits per heavy atom. The maximum absolute atomic E-state index is 12.4. The fraction of sp³-hybridized carbons (Fsp3) is 0.714. The zero-order valence-corrected chi connectivity index (χ0v) is 12.3. The first-order valence-corrected chi connectivity index (χ1v) is 7.28. The highest BCUT2D eigenvalue weighted by molar-refractivity contribution is 5.80. The average Bonchev–Trinajstić information content (AvgIpc) is 3.00. The van der Waals surface area contributed by atoms with Gasteiger partial charge < -0.3 is 14.6 Å². The summed E-state index contributed by atoms with van der Waals surface area (Å²) < 4.78 is 1.83. The first kappa shape index (κ1) is 15.0. The quantitative estimate of drug-likeness (QED) is 0.846. The topological polar surface area (TPSA) is 61.6 Å². The molecule has 6 heteroatoms. The van der Waals surface area contributed by atoms with Gasteiger partial charge in [-0.15, -0.1) is 0 Å². The highest BCUT2D eigenvalue weighted by Gasteiger charge is 2.26. The molecule has 1 saturated heterocycles. The molecule has 0 spiro atoms. The number of imidazole rings is 1. The Labute approximate surface area is 120 Å². The molecule has 2 atom stereocenters. The number of carbonyl (C=O) groups excluding carboxylic acids is 1. The van der Waals surface area contributed by atoms with E-state index in [4.69, 9.17) is 0 Å². The van der Waals surface area contributed by atoms with E-state index in [1.165, 1.54) is 0 Å². The molecule has 1 aromatic rings. The van der Waals surface area contributed by atoms with E-state index in [1.807, 2.05) is 29.5 Å². The third-order valence-corrected chi connectivity index (χ3v) is 3.95. The van der Waals surface area contributed by atoms with Crippen molar-refractivity contribution in [3.05, 3.63) is 18.7 Å². The Hall–Kier alpha value is -1.40. The second-order valence-electron chi connectivity index (χ2n) is 5.37. The first-order chi connectivity index (χ1) is 9.61. The van der Waals surface area contributed by atoms with Crippen molar-refractivity contribution in [2.45, 2.75) is 32.4 Å². The van der Waals surface area contributed by atoms with Crippen LogP contribution in [0.4, 0.5) is 0 Å². The normalized spacial score (nSPS) is 19.9. The monoisotopic (exact) mass is 280 g/mol. The van der Waals surface area contributed by atoms with E-state index in [0.717, 1.165) is 32.6 Å². The van der Waals surface area contributed by atoms with Crippen LogP contribution in [-0.4, -0.2) is 69.2 Å². The lowest BCUT2D eigenvalue weighted by molar-refractivity contribution is -0.136. The van der Waals surface area contributed by atoms with Crippen LogP contribution in [0.5, 0.6) is 0 Å².